The fourth-order valence-corrected chi connectivity index (χ4v) is 3.85. The van der Waals surface area contributed by atoms with E-state index in [1.165, 1.54) is 26.5 Å². The highest BCUT2D eigenvalue weighted by molar-refractivity contribution is 6.07. The second kappa shape index (κ2) is 9.80. The molecule has 1 saturated heterocycles. The number of piperidine rings is 1. The molecule has 0 saturated carbocycles. The number of ether oxygens (including phenoxy) is 3. The predicted octanol–water partition coefficient (Wildman–Crippen LogP) is 2.59. The van der Waals surface area contributed by atoms with Gasteiger partial charge in [0.1, 0.15) is 17.3 Å². The van der Waals surface area contributed by atoms with E-state index in [2.05, 4.69) is 31.3 Å². The smallest absolute Gasteiger partial charge is 0.259 e. The van der Waals surface area contributed by atoms with Crippen molar-refractivity contribution in [1.29, 1.82) is 5.26 Å². The molecule has 0 bridgehead atoms. The van der Waals surface area contributed by atoms with Gasteiger partial charge in [-0.15, -0.1) is 0 Å². The van der Waals surface area contributed by atoms with Gasteiger partial charge >= 0.3 is 0 Å². The van der Waals surface area contributed by atoms with Gasteiger partial charge in [-0.05, 0) is 38.0 Å². The Kier molecular flexibility index (Phi) is 6.65. The normalized spacial score (nSPS) is 19.6. The summed E-state index contributed by atoms with van der Waals surface area (Å²) in [6, 6.07) is 8.73. The molecule has 3 aromatic rings. The minimum absolute atomic E-state index is 0.0743. The van der Waals surface area contributed by atoms with Crippen molar-refractivity contribution in [2.24, 2.45) is 0 Å². The first-order valence-electron chi connectivity index (χ1n) is 10.7. The first kappa shape index (κ1) is 23.1. The van der Waals surface area contributed by atoms with Gasteiger partial charge in [0.05, 0.1) is 19.8 Å². The summed E-state index contributed by atoms with van der Waals surface area (Å²) in [5.41, 5.74) is -0.478. The topological polar surface area (TPSA) is 132 Å². The molecule has 0 radical (unpaired) electrons. The van der Waals surface area contributed by atoms with Crippen LogP contribution < -0.4 is 19.5 Å². The lowest BCUT2D eigenvalue weighted by Gasteiger charge is -2.39. The van der Waals surface area contributed by atoms with Crippen LogP contribution in [-0.4, -0.2) is 58.1 Å². The molecule has 4 heterocycles. The number of carbonyl (C=O) groups is 1. The monoisotopic (exact) mass is 460 g/mol. The third-order valence-corrected chi connectivity index (χ3v) is 5.72. The van der Waals surface area contributed by atoms with Gasteiger partial charge in [-0.1, -0.05) is 0 Å². The van der Waals surface area contributed by atoms with Crippen molar-refractivity contribution >= 4 is 5.78 Å². The first-order chi connectivity index (χ1) is 16.5. The largest absolute Gasteiger partial charge is 0.490 e. The minimum atomic E-state index is -1.32. The average Bonchev–Trinajstić information content (AvgIpc) is 2.89. The number of hydrogen-bond donors (Lipinski definition) is 1. The highest BCUT2D eigenvalue weighted by Gasteiger charge is 2.46. The molecule has 1 aliphatic heterocycles. The third kappa shape index (κ3) is 4.38. The van der Waals surface area contributed by atoms with Crippen molar-refractivity contribution in [3.63, 3.8) is 0 Å². The molecule has 0 spiro atoms. The SMILES string of the molecule is COc1ccc(C(=O)[C@@]2(Oc3nccc(C#N)c3OC)CC[C@@H](C)NC2)c(-c2ncccn2)n1. The Morgan fingerprint density at radius 2 is 1.94 bits per heavy atom. The van der Waals surface area contributed by atoms with Crippen LogP contribution in [0.15, 0.2) is 42.9 Å². The van der Waals surface area contributed by atoms with E-state index in [0.29, 0.717) is 30.1 Å². The number of aromatic nitrogens is 4. The van der Waals surface area contributed by atoms with E-state index in [1.807, 2.05) is 6.92 Å². The highest BCUT2D eigenvalue weighted by atomic mass is 16.5. The Hall–Kier alpha value is -4.10. The Morgan fingerprint density at radius 3 is 2.59 bits per heavy atom. The molecule has 10 heteroatoms. The van der Waals surface area contributed by atoms with Crippen molar-refractivity contribution in [2.45, 2.75) is 31.4 Å². The van der Waals surface area contributed by atoms with E-state index in [9.17, 15) is 10.1 Å². The van der Waals surface area contributed by atoms with E-state index < -0.39 is 5.60 Å². The molecule has 0 unspecified atom stereocenters. The fraction of sp³-hybridized carbons (Fsp3) is 0.333. The summed E-state index contributed by atoms with van der Waals surface area (Å²) < 4.78 is 17.0. The Labute approximate surface area is 197 Å². The third-order valence-electron chi connectivity index (χ3n) is 5.72. The summed E-state index contributed by atoms with van der Waals surface area (Å²) in [5.74, 6) is 0.560. The van der Waals surface area contributed by atoms with Crippen LogP contribution in [0.4, 0.5) is 0 Å². The molecule has 34 heavy (non-hydrogen) atoms. The molecule has 1 N–H and O–H groups in total. The van der Waals surface area contributed by atoms with E-state index in [4.69, 9.17) is 14.2 Å². The van der Waals surface area contributed by atoms with Gasteiger partial charge in [0.25, 0.3) is 5.88 Å². The van der Waals surface area contributed by atoms with Crippen molar-refractivity contribution in [2.75, 3.05) is 20.8 Å². The summed E-state index contributed by atoms with van der Waals surface area (Å²) in [5, 5.41) is 12.8. The van der Waals surface area contributed by atoms with E-state index in [-0.39, 0.29) is 41.3 Å². The number of pyridine rings is 2. The van der Waals surface area contributed by atoms with Gasteiger partial charge in [0.15, 0.2) is 17.2 Å². The minimum Gasteiger partial charge on any atom is -0.490 e. The lowest BCUT2D eigenvalue weighted by atomic mass is 9.83. The summed E-state index contributed by atoms with van der Waals surface area (Å²) in [6.45, 7) is 2.28. The van der Waals surface area contributed by atoms with E-state index in [1.54, 1.807) is 30.6 Å². The Morgan fingerprint density at radius 1 is 1.15 bits per heavy atom. The zero-order valence-electron chi connectivity index (χ0n) is 19.1. The number of nitrogens with zero attached hydrogens (tertiary/aromatic N) is 5. The highest BCUT2D eigenvalue weighted by Crippen LogP contribution is 2.36. The molecular formula is C24H24N6O4. The first-order valence-corrected chi connectivity index (χ1v) is 10.7. The number of methoxy groups -OCH3 is 2. The van der Waals surface area contributed by atoms with Crippen molar-refractivity contribution < 1.29 is 19.0 Å². The van der Waals surface area contributed by atoms with Gasteiger partial charge < -0.3 is 19.5 Å². The van der Waals surface area contributed by atoms with Crippen LogP contribution in [0.25, 0.3) is 11.5 Å². The average molecular weight is 460 g/mol. The summed E-state index contributed by atoms with van der Waals surface area (Å²) in [7, 11) is 2.93. The van der Waals surface area contributed by atoms with Gasteiger partial charge in [-0.3, -0.25) is 4.79 Å². The van der Waals surface area contributed by atoms with Crippen LogP contribution in [-0.2, 0) is 0 Å². The van der Waals surface area contributed by atoms with E-state index in [0.717, 1.165) is 0 Å². The number of Topliss-reactive ketones (excluding diaryl/α,β-unsaturated/α-hetero) is 1. The van der Waals surface area contributed by atoms with Crippen LogP contribution >= 0.6 is 0 Å². The summed E-state index contributed by atoms with van der Waals surface area (Å²) in [6.07, 6.45) is 5.72. The van der Waals surface area contributed by atoms with Crippen LogP contribution in [0.1, 0.15) is 35.7 Å². The maximum atomic E-state index is 14.1. The maximum absolute atomic E-state index is 14.1. The van der Waals surface area contributed by atoms with Gasteiger partial charge in [-0.2, -0.15) is 5.26 Å². The number of nitrogens with one attached hydrogen (secondary N) is 1. The van der Waals surface area contributed by atoms with Crippen LogP contribution in [0.3, 0.4) is 0 Å². The van der Waals surface area contributed by atoms with E-state index >= 15 is 0 Å². The van der Waals surface area contributed by atoms with Crippen molar-refractivity contribution in [1.82, 2.24) is 25.3 Å². The molecule has 1 fully saturated rings. The number of hydrogen-bond acceptors (Lipinski definition) is 10. The van der Waals surface area contributed by atoms with Gasteiger partial charge in [-0.25, -0.2) is 19.9 Å². The lowest BCUT2D eigenvalue weighted by Crippen LogP contribution is -2.58. The van der Waals surface area contributed by atoms with Crippen LogP contribution in [0.2, 0.25) is 0 Å². The number of carbonyl (C=O) groups excluding carboxylic acids is 1. The van der Waals surface area contributed by atoms with Gasteiger partial charge in [0.2, 0.25) is 11.7 Å². The zero-order chi connectivity index (χ0) is 24.1. The Bertz CT molecular complexity index is 1220. The molecule has 0 aromatic carbocycles. The molecule has 1 aliphatic rings. The number of nitriles is 1. The molecule has 0 amide bonds. The van der Waals surface area contributed by atoms with Crippen molar-refractivity contribution in [3.8, 4) is 35.1 Å². The number of rotatable bonds is 7. The second-order valence-corrected chi connectivity index (χ2v) is 7.88. The maximum Gasteiger partial charge on any atom is 0.259 e. The Balaban J connectivity index is 1.82. The standard InChI is InChI=1S/C24H24N6O4/c1-15-7-9-24(14-29-15,34-23-20(33-3)16(13-25)8-12-28-23)21(31)17-5-6-18(32-2)30-19(17)22-26-10-4-11-27-22/h4-6,8,10-12,15,29H,7,9,14H2,1-3H3/t15-,24-/m1/s1. The summed E-state index contributed by atoms with van der Waals surface area (Å²) in [4.78, 5) is 31.4. The lowest BCUT2D eigenvalue weighted by molar-refractivity contribution is 0.0251. The van der Waals surface area contributed by atoms with Gasteiger partial charge in [0, 0.05) is 37.2 Å². The molecule has 3 aromatic heterocycles. The second-order valence-electron chi connectivity index (χ2n) is 7.88. The van der Waals surface area contributed by atoms with Crippen molar-refractivity contribution in [3.05, 3.63) is 54.0 Å². The predicted molar refractivity (Wildman–Crippen MR) is 122 cm³/mol. The van der Waals surface area contributed by atoms with Crippen LogP contribution in [0.5, 0.6) is 17.5 Å². The molecule has 0 aliphatic carbocycles. The fourth-order valence-electron chi connectivity index (χ4n) is 3.85. The molecule has 2 atom stereocenters. The number of ketones is 1. The molecule has 174 valence electrons. The molecular weight excluding hydrogens is 436 g/mol. The quantitative estimate of drug-likeness (QED) is 0.525. The zero-order valence-corrected chi connectivity index (χ0v) is 19.1. The summed E-state index contributed by atoms with van der Waals surface area (Å²) >= 11 is 0. The molecule has 4 rings (SSSR count). The van der Waals surface area contributed by atoms with Crippen LogP contribution in [0, 0.1) is 11.3 Å². The molecule has 10 nitrogen and oxygen atoms in total.